The molecule has 5 nitrogen and oxygen atoms in total. The van der Waals surface area contributed by atoms with Crippen LogP contribution < -0.4 is 10.6 Å². The Kier molecular flexibility index (Phi) is 5.55. The van der Waals surface area contributed by atoms with Crippen LogP contribution in [0.4, 0.5) is 11.6 Å². The number of rotatable bonds is 4. The second kappa shape index (κ2) is 7.85. The fraction of sp³-hybridized carbons (Fsp3) is 0.476. The predicted octanol–water partition coefficient (Wildman–Crippen LogP) is 4.71. The van der Waals surface area contributed by atoms with E-state index in [9.17, 15) is 4.79 Å². The molecule has 1 aliphatic carbocycles. The summed E-state index contributed by atoms with van der Waals surface area (Å²) in [6, 6.07) is 6.29. The molecule has 0 unspecified atom stereocenters. The van der Waals surface area contributed by atoms with Crippen LogP contribution in [0.5, 0.6) is 0 Å². The molecule has 0 spiro atoms. The lowest BCUT2D eigenvalue weighted by atomic mass is 9.96. The SMILES string of the molecule is Cc1cc(C)c(NC(=O)c2cc(C)nc(NC3CCCCC3)n2)c(C)c1. The fourth-order valence-corrected chi connectivity index (χ4v) is 3.73. The maximum absolute atomic E-state index is 12.8. The zero-order valence-corrected chi connectivity index (χ0v) is 16.1. The highest BCUT2D eigenvalue weighted by molar-refractivity contribution is 6.04. The Balaban J connectivity index is 1.79. The molecule has 1 aromatic carbocycles. The molecule has 1 saturated carbocycles. The first-order valence-corrected chi connectivity index (χ1v) is 9.44. The number of aryl methyl sites for hydroxylation is 4. The number of nitrogens with one attached hydrogen (secondary N) is 2. The van der Waals surface area contributed by atoms with Crippen molar-refractivity contribution in [2.45, 2.75) is 65.8 Å². The zero-order chi connectivity index (χ0) is 18.7. The average molecular weight is 352 g/mol. The molecule has 5 heteroatoms. The number of hydrogen-bond acceptors (Lipinski definition) is 4. The lowest BCUT2D eigenvalue weighted by Gasteiger charge is -2.23. The minimum Gasteiger partial charge on any atom is -0.351 e. The van der Waals surface area contributed by atoms with Gasteiger partial charge in [0.25, 0.3) is 5.91 Å². The number of carbonyl (C=O) groups is 1. The van der Waals surface area contributed by atoms with Crippen LogP contribution in [0, 0.1) is 27.7 Å². The Morgan fingerprint density at radius 2 is 1.62 bits per heavy atom. The molecule has 0 aliphatic heterocycles. The Morgan fingerprint density at radius 3 is 2.27 bits per heavy atom. The third-order valence-corrected chi connectivity index (χ3v) is 4.94. The van der Waals surface area contributed by atoms with Crippen LogP contribution in [-0.2, 0) is 0 Å². The lowest BCUT2D eigenvalue weighted by Crippen LogP contribution is -2.24. The number of benzene rings is 1. The monoisotopic (exact) mass is 352 g/mol. The summed E-state index contributed by atoms with van der Waals surface area (Å²) in [6.07, 6.45) is 6.06. The Bertz CT molecular complexity index is 787. The van der Waals surface area contributed by atoms with Crippen LogP contribution in [-0.4, -0.2) is 21.9 Å². The van der Waals surface area contributed by atoms with Crippen molar-refractivity contribution in [1.29, 1.82) is 0 Å². The topological polar surface area (TPSA) is 66.9 Å². The molecule has 0 radical (unpaired) electrons. The average Bonchev–Trinajstić information content (AvgIpc) is 2.58. The number of aromatic nitrogens is 2. The summed E-state index contributed by atoms with van der Waals surface area (Å²) in [5.74, 6) is 0.358. The molecule has 1 fully saturated rings. The molecule has 1 aliphatic rings. The van der Waals surface area contributed by atoms with Gasteiger partial charge in [-0.05, 0) is 57.7 Å². The summed E-state index contributed by atoms with van der Waals surface area (Å²) in [5, 5.41) is 6.43. The Hall–Kier alpha value is -2.43. The molecule has 0 atom stereocenters. The normalized spacial score (nSPS) is 14.9. The summed E-state index contributed by atoms with van der Waals surface area (Å²) in [5.41, 5.74) is 5.36. The third kappa shape index (κ3) is 4.40. The molecule has 138 valence electrons. The maximum Gasteiger partial charge on any atom is 0.274 e. The Morgan fingerprint density at radius 1 is 0.962 bits per heavy atom. The van der Waals surface area contributed by atoms with E-state index in [1.54, 1.807) is 6.07 Å². The van der Waals surface area contributed by atoms with Crippen molar-refractivity contribution in [1.82, 2.24) is 9.97 Å². The quantitative estimate of drug-likeness (QED) is 0.836. The van der Waals surface area contributed by atoms with E-state index in [1.165, 1.54) is 24.8 Å². The van der Waals surface area contributed by atoms with Gasteiger partial charge in [-0.15, -0.1) is 0 Å². The van der Waals surface area contributed by atoms with Crippen molar-refractivity contribution >= 4 is 17.5 Å². The van der Waals surface area contributed by atoms with E-state index in [4.69, 9.17) is 0 Å². The van der Waals surface area contributed by atoms with Crippen molar-refractivity contribution in [3.05, 3.63) is 46.3 Å². The summed E-state index contributed by atoms with van der Waals surface area (Å²) in [4.78, 5) is 21.7. The largest absolute Gasteiger partial charge is 0.351 e. The van der Waals surface area contributed by atoms with Crippen LogP contribution in [0.2, 0.25) is 0 Å². The first-order valence-electron chi connectivity index (χ1n) is 9.44. The third-order valence-electron chi connectivity index (χ3n) is 4.94. The van der Waals surface area contributed by atoms with Gasteiger partial charge in [0.2, 0.25) is 5.95 Å². The molecule has 2 N–H and O–H groups in total. The highest BCUT2D eigenvalue weighted by Crippen LogP contribution is 2.23. The van der Waals surface area contributed by atoms with Gasteiger partial charge in [0.15, 0.2) is 0 Å². The number of amides is 1. The molecular formula is C21H28N4O. The molecule has 0 bridgehead atoms. The molecule has 3 rings (SSSR count). The van der Waals surface area contributed by atoms with Crippen LogP contribution >= 0.6 is 0 Å². The molecule has 1 amide bonds. The van der Waals surface area contributed by atoms with E-state index < -0.39 is 0 Å². The standard InChI is InChI=1S/C21H28N4O/c1-13-10-14(2)19(15(3)11-13)25-20(26)18-12-16(4)22-21(24-18)23-17-8-6-5-7-9-17/h10-12,17H,5-9H2,1-4H3,(H,25,26)(H,22,23,24). The summed E-state index contributed by atoms with van der Waals surface area (Å²) in [6.45, 7) is 7.98. The second-order valence-corrected chi connectivity index (χ2v) is 7.43. The number of carbonyl (C=O) groups excluding carboxylic acids is 1. The van der Waals surface area contributed by atoms with Crippen molar-refractivity contribution in [2.75, 3.05) is 10.6 Å². The second-order valence-electron chi connectivity index (χ2n) is 7.43. The van der Waals surface area contributed by atoms with Gasteiger partial charge >= 0.3 is 0 Å². The Labute approximate surface area is 155 Å². The van der Waals surface area contributed by atoms with E-state index in [0.717, 1.165) is 35.3 Å². The van der Waals surface area contributed by atoms with Crippen LogP contribution in [0.1, 0.15) is 65.0 Å². The van der Waals surface area contributed by atoms with Crippen LogP contribution in [0.15, 0.2) is 18.2 Å². The molecule has 1 aromatic heterocycles. The summed E-state index contributed by atoms with van der Waals surface area (Å²) >= 11 is 0. The minimum atomic E-state index is -0.197. The van der Waals surface area contributed by atoms with Gasteiger partial charge in [0.1, 0.15) is 5.69 Å². The van der Waals surface area contributed by atoms with Gasteiger partial charge in [0, 0.05) is 17.4 Å². The van der Waals surface area contributed by atoms with E-state index in [1.807, 2.05) is 20.8 Å². The van der Waals surface area contributed by atoms with Gasteiger partial charge in [-0.3, -0.25) is 4.79 Å². The fourth-order valence-electron chi connectivity index (χ4n) is 3.73. The van der Waals surface area contributed by atoms with Gasteiger partial charge in [0.05, 0.1) is 0 Å². The van der Waals surface area contributed by atoms with Gasteiger partial charge < -0.3 is 10.6 Å². The number of hydrogen-bond donors (Lipinski definition) is 2. The molecule has 26 heavy (non-hydrogen) atoms. The number of nitrogens with zero attached hydrogens (tertiary/aromatic N) is 2. The van der Waals surface area contributed by atoms with Crippen molar-refractivity contribution in [3.63, 3.8) is 0 Å². The van der Waals surface area contributed by atoms with E-state index in [-0.39, 0.29) is 5.91 Å². The van der Waals surface area contributed by atoms with Gasteiger partial charge in [-0.25, -0.2) is 9.97 Å². The first-order chi connectivity index (χ1) is 12.4. The molecular weight excluding hydrogens is 324 g/mol. The van der Waals surface area contributed by atoms with Crippen molar-refractivity contribution in [2.24, 2.45) is 0 Å². The smallest absolute Gasteiger partial charge is 0.274 e. The lowest BCUT2D eigenvalue weighted by molar-refractivity contribution is 0.102. The predicted molar refractivity (Wildman–Crippen MR) is 106 cm³/mol. The maximum atomic E-state index is 12.8. The minimum absolute atomic E-state index is 0.197. The highest BCUT2D eigenvalue weighted by Gasteiger charge is 2.17. The van der Waals surface area contributed by atoms with Crippen LogP contribution in [0.3, 0.4) is 0 Å². The van der Waals surface area contributed by atoms with Gasteiger partial charge in [-0.2, -0.15) is 0 Å². The zero-order valence-electron chi connectivity index (χ0n) is 16.1. The highest BCUT2D eigenvalue weighted by atomic mass is 16.1. The molecule has 0 saturated heterocycles. The first kappa shape index (κ1) is 18.4. The van der Waals surface area contributed by atoms with Crippen molar-refractivity contribution < 1.29 is 4.79 Å². The van der Waals surface area contributed by atoms with E-state index in [0.29, 0.717) is 17.7 Å². The summed E-state index contributed by atoms with van der Waals surface area (Å²) < 4.78 is 0. The van der Waals surface area contributed by atoms with E-state index in [2.05, 4.69) is 39.7 Å². The molecule has 2 aromatic rings. The van der Waals surface area contributed by atoms with Gasteiger partial charge in [-0.1, -0.05) is 37.0 Å². The summed E-state index contributed by atoms with van der Waals surface area (Å²) in [7, 11) is 0. The van der Waals surface area contributed by atoms with Crippen LogP contribution in [0.25, 0.3) is 0 Å². The van der Waals surface area contributed by atoms with Crippen molar-refractivity contribution in [3.8, 4) is 0 Å². The van der Waals surface area contributed by atoms with E-state index >= 15 is 0 Å². The molecule has 1 heterocycles. The number of anilines is 2.